The molecular formula is C28H43N3O5S2. The van der Waals surface area contributed by atoms with E-state index in [9.17, 15) is 19.8 Å². The van der Waals surface area contributed by atoms with Gasteiger partial charge in [-0.3, -0.25) is 14.5 Å². The molecule has 3 heterocycles. The first-order chi connectivity index (χ1) is 17.9. The van der Waals surface area contributed by atoms with Crippen molar-refractivity contribution in [2.75, 3.05) is 19.3 Å². The lowest BCUT2D eigenvalue weighted by molar-refractivity contribution is -0.161. The lowest BCUT2D eigenvalue weighted by Crippen LogP contribution is -2.54. The minimum atomic E-state index is -1.17. The van der Waals surface area contributed by atoms with Crippen molar-refractivity contribution in [2.45, 2.75) is 100 Å². The number of aliphatic hydroxyl groups excluding tert-OH is 2. The summed E-state index contributed by atoms with van der Waals surface area (Å²) in [6.45, 7) is 9.00. The molecule has 0 radical (unpaired) electrons. The van der Waals surface area contributed by atoms with Crippen LogP contribution in [0.25, 0.3) is 6.08 Å². The van der Waals surface area contributed by atoms with Gasteiger partial charge in [-0.15, -0.1) is 11.3 Å². The highest BCUT2D eigenvalue weighted by atomic mass is 32.2. The van der Waals surface area contributed by atoms with Crippen molar-refractivity contribution < 1.29 is 24.5 Å². The third kappa shape index (κ3) is 5.76. The van der Waals surface area contributed by atoms with Gasteiger partial charge in [0.15, 0.2) is 0 Å². The van der Waals surface area contributed by atoms with Crippen LogP contribution in [-0.2, 0) is 14.3 Å². The minimum absolute atomic E-state index is 0.0645. The highest BCUT2D eigenvalue weighted by molar-refractivity contribution is 8.00. The summed E-state index contributed by atoms with van der Waals surface area (Å²) in [5, 5.41) is 24.1. The number of thioether (sulfide) groups is 1. The number of fused-ring (bicyclic) bond motifs is 3. The first-order valence-electron chi connectivity index (χ1n) is 13.7. The van der Waals surface area contributed by atoms with Crippen LogP contribution in [0.3, 0.4) is 0 Å². The van der Waals surface area contributed by atoms with Gasteiger partial charge in [0.2, 0.25) is 0 Å². The summed E-state index contributed by atoms with van der Waals surface area (Å²) in [6.07, 6.45) is 4.90. The van der Waals surface area contributed by atoms with Crippen LogP contribution in [0.4, 0.5) is 0 Å². The number of nitrogens with zero attached hydrogens (tertiary/aromatic N) is 2. The number of Topliss-reactive ketones (excluding diaryl/α,β-unsaturated/α-hetero) is 1. The number of carbonyl (C=O) groups is 2. The molecule has 2 bridgehead atoms. The predicted molar refractivity (Wildman–Crippen MR) is 151 cm³/mol. The van der Waals surface area contributed by atoms with Crippen molar-refractivity contribution in [3.8, 4) is 0 Å². The summed E-state index contributed by atoms with van der Waals surface area (Å²) in [4.78, 5) is 33.5. The van der Waals surface area contributed by atoms with Crippen LogP contribution in [0.5, 0.6) is 0 Å². The lowest BCUT2D eigenvalue weighted by Gasteiger charge is -2.45. The fourth-order valence-corrected chi connectivity index (χ4v) is 8.07. The number of thiazole rings is 1. The van der Waals surface area contributed by atoms with Gasteiger partial charge >= 0.3 is 5.97 Å². The largest absolute Gasteiger partial charge is 0.458 e. The Morgan fingerprint density at radius 3 is 2.76 bits per heavy atom. The number of hydrogen-bond donors (Lipinski definition) is 3. The smallest absolute Gasteiger partial charge is 0.309 e. The molecule has 4 rings (SSSR count). The quantitative estimate of drug-likeness (QED) is 0.279. The molecule has 1 aliphatic carbocycles. The molecule has 3 fully saturated rings. The Kier molecular flexibility index (Phi) is 9.11. The standard InChI is InChI=1S/C28H43N3O5S2/c1-16(11-19-15-38-26(30-19)37-5)20-12-21-28(4,31(21)10-9-29)8-6-7-18-14-27(3,22(32)13-23(33)36-20)25(35)17(2)24(18)34/h11,15,17-18,20-22,24,32,34H,6-10,12-14,29H2,1-5H3/b16-11+/t17-,18-,20+,21+,22+,24-,27-,28-,31?/m1/s1. The highest BCUT2D eigenvalue weighted by Crippen LogP contribution is 2.50. The van der Waals surface area contributed by atoms with Crippen molar-refractivity contribution in [3.63, 3.8) is 0 Å². The van der Waals surface area contributed by atoms with Crippen LogP contribution >= 0.6 is 23.1 Å². The van der Waals surface area contributed by atoms with E-state index in [0.29, 0.717) is 19.4 Å². The number of carbonyl (C=O) groups excluding carboxylic acids is 2. The highest BCUT2D eigenvalue weighted by Gasteiger charge is 2.59. The Hall–Kier alpha value is -1.30. The number of aromatic nitrogens is 1. The van der Waals surface area contributed by atoms with Gasteiger partial charge in [0.1, 0.15) is 16.2 Å². The molecule has 1 saturated carbocycles. The van der Waals surface area contributed by atoms with Crippen molar-refractivity contribution in [1.29, 1.82) is 0 Å². The molecule has 9 atom stereocenters. The van der Waals surface area contributed by atoms with Gasteiger partial charge in [0.05, 0.1) is 29.7 Å². The number of ether oxygens (including phenoxy) is 1. The number of aliphatic hydroxyl groups is 2. The minimum Gasteiger partial charge on any atom is -0.458 e. The van der Waals surface area contributed by atoms with Crippen molar-refractivity contribution in [3.05, 3.63) is 16.6 Å². The topological polar surface area (TPSA) is 126 Å². The van der Waals surface area contributed by atoms with Crippen LogP contribution in [0, 0.1) is 17.3 Å². The van der Waals surface area contributed by atoms with E-state index < -0.39 is 35.6 Å². The van der Waals surface area contributed by atoms with Gasteiger partial charge < -0.3 is 20.7 Å². The van der Waals surface area contributed by atoms with Crippen LogP contribution in [0.15, 0.2) is 15.3 Å². The van der Waals surface area contributed by atoms with Crippen molar-refractivity contribution in [1.82, 2.24) is 9.88 Å². The zero-order chi connectivity index (χ0) is 27.8. The van der Waals surface area contributed by atoms with Crippen molar-refractivity contribution in [2.24, 2.45) is 23.0 Å². The summed E-state index contributed by atoms with van der Waals surface area (Å²) in [6, 6.07) is 0.208. The fraction of sp³-hybridized carbons (Fsp3) is 0.750. The van der Waals surface area contributed by atoms with E-state index in [1.54, 1.807) is 36.9 Å². The van der Waals surface area contributed by atoms with E-state index in [4.69, 9.17) is 10.5 Å². The SMILES string of the molecule is CSc1nc(/C=C(\C)[C@@H]2C[C@@H]3N(CCN)[C@]3(C)CCC[C@@H]3C[C@@](C)(C(=O)[C@H](C)[C@H]3O)[C@@H](O)CC(=O)O2)cs1. The van der Waals surface area contributed by atoms with E-state index >= 15 is 0 Å². The lowest BCUT2D eigenvalue weighted by atomic mass is 9.60. The fourth-order valence-electron chi connectivity index (χ4n) is 6.84. The van der Waals surface area contributed by atoms with E-state index in [1.807, 2.05) is 24.6 Å². The Labute approximate surface area is 234 Å². The third-order valence-electron chi connectivity index (χ3n) is 9.33. The monoisotopic (exact) mass is 565 g/mol. The van der Waals surface area contributed by atoms with Gasteiger partial charge in [0, 0.05) is 42.4 Å². The maximum absolute atomic E-state index is 13.2. The molecule has 0 aromatic carbocycles. The summed E-state index contributed by atoms with van der Waals surface area (Å²) in [5.41, 5.74) is 6.52. The van der Waals surface area contributed by atoms with E-state index in [-0.39, 0.29) is 29.7 Å². The molecule has 1 aromatic heterocycles. The summed E-state index contributed by atoms with van der Waals surface area (Å²) >= 11 is 3.17. The molecule has 1 aromatic rings. The number of cyclic esters (lactones) is 1. The number of nitrogens with two attached hydrogens (primary N) is 1. The second-order valence-corrected chi connectivity index (χ2v) is 13.7. The number of rotatable bonds is 5. The zero-order valence-electron chi connectivity index (χ0n) is 23.2. The summed E-state index contributed by atoms with van der Waals surface area (Å²) in [5.74, 6) is -1.39. The zero-order valence-corrected chi connectivity index (χ0v) is 24.8. The van der Waals surface area contributed by atoms with Gasteiger partial charge in [-0.05, 0) is 56.9 Å². The van der Waals surface area contributed by atoms with E-state index in [2.05, 4.69) is 16.8 Å². The van der Waals surface area contributed by atoms with Gasteiger partial charge in [-0.25, -0.2) is 4.98 Å². The number of hydrogen-bond acceptors (Lipinski definition) is 10. The summed E-state index contributed by atoms with van der Waals surface area (Å²) < 4.78 is 7.03. The molecule has 0 spiro atoms. The molecule has 0 amide bonds. The molecule has 2 saturated heterocycles. The first kappa shape index (κ1) is 29.7. The van der Waals surface area contributed by atoms with Crippen LogP contribution in [-0.4, -0.2) is 81.1 Å². The van der Waals surface area contributed by atoms with E-state index in [0.717, 1.165) is 41.4 Å². The number of ketones is 1. The maximum atomic E-state index is 13.2. The average molecular weight is 566 g/mol. The molecule has 8 nitrogen and oxygen atoms in total. The maximum Gasteiger partial charge on any atom is 0.309 e. The van der Waals surface area contributed by atoms with Gasteiger partial charge in [-0.2, -0.15) is 0 Å². The van der Waals surface area contributed by atoms with Crippen LogP contribution in [0.2, 0.25) is 0 Å². The molecule has 38 heavy (non-hydrogen) atoms. The molecule has 1 unspecified atom stereocenters. The van der Waals surface area contributed by atoms with E-state index in [1.165, 1.54) is 0 Å². The normalized spacial score (nSPS) is 40.7. The molecule has 4 N–H and O–H groups in total. The second kappa shape index (κ2) is 11.7. The Balaban J connectivity index is 1.64. The van der Waals surface area contributed by atoms with Crippen LogP contribution in [0.1, 0.15) is 71.9 Å². The predicted octanol–water partition coefficient (Wildman–Crippen LogP) is 3.50. The molecule has 3 aliphatic rings. The molecular weight excluding hydrogens is 522 g/mol. The first-order valence-corrected chi connectivity index (χ1v) is 15.8. The van der Waals surface area contributed by atoms with Crippen LogP contribution < -0.4 is 5.73 Å². The Morgan fingerprint density at radius 2 is 2.11 bits per heavy atom. The Morgan fingerprint density at radius 1 is 1.37 bits per heavy atom. The summed E-state index contributed by atoms with van der Waals surface area (Å²) in [7, 11) is 0. The molecule has 10 heteroatoms. The van der Waals surface area contributed by atoms with Crippen molar-refractivity contribution >= 4 is 40.9 Å². The third-order valence-corrected chi connectivity index (χ3v) is 11.2. The molecule has 2 aliphatic heterocycles. The average Bonchev–Trinajstić information content (AvgIpc) is 3.17. The number of esters is 1. The van der Waals surface area contributed by atoms with Gasteiger partial charge in [-0.1, -0.05) is 32.0 Å². The molecule has 212 valence electrons. The van der Waals surface area contributed by atoms with Gasteiger partial charge in [0.25, 0.3) is 0 Å². The second-order valence-electron chi connectivity index (χ2n) is 11.8. The Bertz CT molecular complexity index is 1060.